The van der Waals surface area contributed by atoms with Gasteiger partial charge in [0.15, 0.2) is 5.78 Å². The number of benzene rings is 3. The van der Waals surface area contributed by atoms with Crippen molar-refractivity contribution in [2.45, 2.75) is 31.7 Å². The first-order valence-electron chi connectivity index (χ1n) is 10.3. The van der Waals surface area contributed by atoms with E-state index < -0.39 is 0 Å². The Morgan fingerprint density at radius 3 is 2.23 bits per heavy atom. The number of fused-ring (bicyclic) bond motifs is 1. The van der Waals surface area contributed by atoms with Gasteiger partial charge in [-0.2, -0.15) is 0 Å². The quantitative estimate of drug-likeness (QED) is 0.446. The molecule has 3 aromatic carbocycles. The van der Waals surface area contributed by atoms with Crippen molar-refractivity contribution in [1.82, 2.24) is 0 Å². The molecule has 30 heavy (non-hydrogen) atoms. The highest BCUT2D eigenvalue weighted by molar-refractivity contribution is 9.10. The van der Waals surface area contributed by atoms with Gasteiger partial charge in [0.1, 0.15) is 0 Å². The summed E-state index contributed by atoms with van der Waals surface area (Å²) in [6.45, 7) is 2.09. The van der Waals surface area contributed by atoms with Gasteiger partial charge in [0.2, 0.25) is 0 Å². The second-order valence-electron chi connectivity index (χ2n) is 8.13. The van der Waals surface area contributed by atoms with Crippen molar-refractivity contribution in [3.8, 4) is 0 Å². The molecule has 5 rings (SSSR count). The zero-order chi connectivity index (χ0) is 20.7. The maximum atomic E-state index is 13.5. The van der Waals surface area contributed by atoms with Crippen molar-refractivity contribution >= 4 is 33.1 Å². The van der Waals surface area contributed by atoms with Gasteiger partial charge in [0, 0.05) is 22.2 Å². The lowest BCUT2D eigenvalue weighted by Gasteiger charge is -2.30. The molecule has 0 radical (unpaired) electrons. The first kappa shape index (κ1) is 19.1. The number of Topliss-reactive ketones (excluding diaryl/α,β-unsaturated/α-hetero) is 1. The van der Waals surface area contributed by atoms with E-state index in [-0.39, 0.29) is 17.7 Å². The third kappa shape index (κ3) is 3.56. The minimum atomic E-state index is -0.171. The highest BCUT2D eigenvalue weighted by atomic mass is 79.9. The van der Waals surface area contributed by atoms with Gasteiger partial charge >= 0.3 is 0 Å². The second kappa shape index (κ2) is 7.77. The summed E-state index contributed by atoms with van der Waals surface area (Å²) in [6, 6.07) is 24.8. The molecule has 0 spiro atoms. The van der Waals surface area contributed by atoms with E-state index in [9.17, 15) is 4.79 Å². The van der Waals surface area contributed by atoms with Crippen LogP contribution in [0.5, 0.6) is 0 Å². The second-order valence-corrected chi connectivity index (χ2v) is 9.05. The minimum Gasteiger partial charge on any atom is -0.372 e. The van der Waals surface area contributed by atoms with Crippen LogP contribution in [-0.2, 0) is 4.79 Å². The van der Waals surface area contributed by atoms with Crippen molar-refractivity contribution < 1.29 is 4.79 Å². The Morgan fingerprint density at radius 1 is 0.833 bits per heavy atom. The molecule has 3 aromatic rings. The number of anilines is 2. The van der Waals surface area contributed by atoms with Gasteiger partial charge in [0.05, 0.1) is 17.4 Å². The van der Waals surface area contributed by atoms with Crippen LogP contribution in [0, 0.1) is 6.92 Å². The number of halogens is 1. The molecule has 4 heteroatoms. The fourth-order valence-corrected chi connectivity index (χ4v) is 4.74. The molecule has 0 aromatic heterocycles. The summed E-state index contributed by atoms with van der Waals surface area (Å²) in [6.07, 6.45) is 1.36. The van der Waals surface area contributed by atoms with Crippen LogP contribution < -0.4 is 10.6 Å². The summed E-state index contributed by atoms with van der Waals surface area (Å²) in [4.78, 5) is 13.5. The summed E-state index contributed by atoms with van der Waals surface area (Å²) in [5, 5.41) is 7.23. The summed E-state index contributed by atoms with van der Waals surface area (Å²) < 4.78 is 1.03. The average Bonchev–Trinajstić information content (AvgIpc) is 2.91. The van der Waals surface area contributed by atoms with Crippen LogP contribution in [0.15, 0.2) is 88.5 Å². The summed E-state index contributed by atoms with van der Waals surface area (Å²) in [7, 11) is 0. The molecule has 0 bridgehead atoms. The van der Waals surface area contributed by atoms with E-state index in [1.54, 1.807) is 0 Å². The number of hydrogen-bond donors (Lipinski definition) is 2. The fraction of sp³-hybridized carbons (Fsp3) is 0.192. The van der Waals surface area contributed by atoms with Crippen molar-refractivity contribution in [3.63, 3.8) is 0 Å². The monoisotopic (exact) mass is 458 g/mol. The van der Waals surface area contributed by atoms with E-state index in [2.05, 4.69) is 82.0 Å². The zero-order valence-electron chi connectivity index (χ0n) is 16.8. The van der Waals surface area contributed by atoms with Crippen LogP contribution in [0.3, 0.4) is 0 Å². The Bertz CT molecular complexity index is 1130. The van der Waals surface area contributed by atoms with Crippen LogP contribution in [0.2, 0.25) is 0 Å². The Morgan fingerprint density at radius 2 is 1.50 bits per heavy atom. The number of rotatable bonds is 2. The number of carbonyl (C=O) groups is 1. The number of allylic oxidation sites excluding steroid dienone is 1. The number of para-hydroxylation sites is 2. The third-order valence-electron chi connectivity index (χ3n) is 6.06. The minimum absolute atomic E-state index is 0.171. The van der Waals surface area contributed by atoms with Gasteiger partial charge < -0.3 is 10.6 Å². The molecule has 3 nitrogen and oxygen atoms in total. The van der Waals surface area contributed by atoms with E-state index >= 15 is 0 Å². The van der Waals surface area contributed by atoms with E-state index in [4.69, 9.17) is 0 Å². The SMILES string of the molecule is Cc1ccc(C2CC(=O)C3=C(C2)Nc2ccccc2NC3c2ccc(Br)cc2)cc1. The van der Waals surface area contributed by atoms with E-state index in [1.165, 1.54) is 11.1 Å². The highest BCUT2D eigenvalue weighted by Gasteiger charge is 2.35. The maximum Gasteiger partial charge on any atom is 0.163 e. The Kier molecular flexibility index (Phi) is 4.95. The molecule has 2 N–H and O–H groups in total. The third-order valence-corrected chi connectivity index (χ3v) is 6.59. The van der Waals surface area contributed by atoms with E-state index in [0.29, 0.717) is 6.42 Å². The predicted molar refractivity (Wildman–Crippen MR) is 126 cm³/mol. The lowest BCUT2D eigenvalue weighted by atomic mass is 9.78. The van der Waals surface area contributed by atoms with Crippen molar-refractivity contribution in [2.24, 2.45) is 0 Å². The van der Waals surface area contributed by atoms with Crippen LogP contribution in [-0.4, -0.2) is 5.78 Å². The topological polar surface area (TPSA) is 41.1 Å². The lowest BCUT2D eigenvalue weighted by molar-refractivity contribution is -0.116. The number of nitrogens with one attached hydrogen (secondary N) is 2. The Labute approximate surface area is 185 Å². The van der Waals surface area contributed by atoms with Crippen molar-refractivity contribution in [1.29, 1.82) is 0 Å². The normalized spacial score (nSPS) is 20.5. The molecule has 1 aliphatic heterocycles. The molecule has 0 saturated heterocycles. The smallest absolute Gasteiger partial charge is 0.163 e. The first-order valence-corrected chi connectivity index (χ1v) is 11.1. The molecular formula is C26H23BrN2O. The number of hydrogen-bond acceptors (Lipinski definition) is 3. The molecule has 0 saturated carbocycles. The standard InChI is InChI=1S/C26H23BrN2O/c1-16-6-8-17(9-7-16)19-14-23-25(24(30)15-19)26(18-10-12-20(27)13-11-18)29-22-5-3-2-4-21(22)28-23/h2-13,19,26,28-29H,14-15H2,1H3. The molecule has 0 fully saturated rings. The van der Waals surface area contributed by atoms with Crippen LogP contribution >= 0.6 is 15.9 Å². The fourth-order valence-electron chi connectivity index (χ4n) is 4.47. The van der Waals surface area contributed by atoms with Crippen LogP contribution in [0.25, 0.3) is 0 Å². The van der Waals surface area contributed by atoms with Gasteiger partial charge in [-0.05, 0) is 54.7 Å². The van der Waals surface area contributed by atoms with E-state index in [1.807, 2.05) is 24.3 Å². The summed E-state index contributed by atoms with van der Waals surface area (Å²) in [5.41, 5.74) is 7.47. The summed E-state index contributed by atoms with van der Waals surface area (Å²) in [5.74, 6) is 0.405. The zero-order valence-corrected chi connectivity index (χ0v) is 18.4. The lowest BCUT2D eigenvalue weighted by Crippen LogP contribution is -2.26. The molecule has 2 atom stereocenters. The largest absolute Gasteiger partial charge is 0.372 e. The van der Waals surface area contributed by atoms with Gasteiger partial charge in [-0.15, -0.1) is 0 Å². The molecule has 150 valence electrons. The Balaban J connectivity index is 1.60. The molecule has 1 heterocycles. The summed E-state index contributed by atoms with van der Waals surface area (Å²) >= 11 is 3.52. The average molecular weight is 459 g/mol. The maximum absolute atomic E-state index is 13.5. The molecule has 2 aliphatic rings. The van der Waals surface area contributed by atoms with Crippen molar-refractivity contribution in [3.05, 3.63) is 105 Å². The highest BCUT2D eigenvalue weighted by Crippen LogP contribution is 2.44. The predicted octanol–water partition coefficient (Wildman–Crippen LogP) is 6.74. The van der Waals surface area contributed by atoms with Crippen molar-refractivity contribution in [2.75, 3.05) is 10.6 Å². The molecule has 1 aliphatic carbocycles. The van der Waals surface area contributed by atoms with Crippen LogP contribution in [0.1, 0.15) is 41.5 Å². The van der Waals surface area contributed by atoms with E-state index in [0.717, 1.165) is 39.1 Å². The molecule has 0 amide bonds. The molecular weight excluding hydrogens is 436 g/mol. The number of ketones is 1. The van der Waals surface area contributed by atoms with Crippen LogP contribution in [0.4, 0.5) is 11.4 Å². The molecule has 2 unspecified atom stereocenters. The first-order chi connectivity index (χ1) is 14.6. The van der Waals surface area contributed by atoms with Gasteiger partial charge in [-0.3, -0.25) is 4.79 Å². The number of aryl methyl sites for hydroxylation is 1. The Hall–Kier alpha value is -2.85. The number of carbonyl (C=O) groups excluding carboxylic acids is 1. The van der Waals surface area contributed by atoms with Gasteiger partial charge in [0.25, 0.3) is 0 Å². The van der Waals surface area contributed by atoms with Gasteiger partial charge in [-0.1, -0.05) is 70.0 Å². The van der Waals surface area contributed by atoms with Gasteiger partial charge in [-0.25, -0.2) is 0 Å².